The Morgan fingerprint density at radius 3 is 2.62 bits per heavy atom. The molecule has 1 aliphatic rings. The molecular formula is C12H24N2O2. The molecule has 2 unspecified atom stereocenters. The maximum absolute atomic E-state index is 12.0. The molecular weight excluding hydrogens is 204 g/mol. The van der Waals surface area contributed by atoms with E-state index in [1.807, 2.05) is 0 Å². The zero-order valence-electron chi connectivity index (χ0n) is 11.0. The van der Waals surface area contributed by atoms with Gasteiger partial charge in [0.1, 0.15) is 5.54 Å². The molecule has 0 bridgehead atoms. The Balaban J connectivity index is 2.83. The van der Waals surface area contributed by atoms with Crippen LogP contribution in [0.5, 0.6) is 0 Å². The first-order valence-electron chi connectivity index (χ1n) is 5.97. The van der Waals surface area contributed by atoms with Gasteiger partial charge in [0.15, 0.2) is 0 Å². The van der Waals surface area contributed by atoms with Crippen LogP contribution in [0.3, 0.4) is 0 Å². The number of ether oxygens (including phenoxy) is 1. The summed E-state index contributed by atoms with van der Waals surface area (Å²) in [6.07, 6.45) is 1.63. The number of hydrogen-bond donors (Lipinski definition) is 1. The third-order valence-electron chi connectivity index (χ3n) is 3.43. The van der Waals surface area contributed by atoms with Gasteiger partial charge in [-0.15, -0.1) is 0 Å². The molecule has 2 atom stereocenters. The highest BCUT2D eigenvalue weighted by atomic mass is 16.5. The van der Waals surface area contributed by atoms with E-state index in [0.29, 0.717) is 6.04 Å². The summed E-state index contributed by atoms with van der Waals surface area (Å²) in [5.41, 5.74) is -0.491. The third kappa shape index (κ3) is 2.74. The lowest BCUT2D eigenvalue weighted by Gasteiger charge is -2.43. The molecule has 94 valence electrons. The zero-order chi connectivity index (χ0) is 12.3. The van der Waals surface area contributed by atoms with Crippen LogP contribution in [0, 0.1) is 0 Å². The molecule has 4 heteroatoms. The van der Waals surface area contributed by atoms with Gasteiger partial charge in [-0.3, -0.25) is 10.1 Å². The predicted molar refractivity (Wildman–Crippen MR) is 64.3 cm³/mol. The van der Waals surface area contributed by atoms with Crippen LogP contribution in [0.25, 0.3) is 0 Å². The molecule has 4 nitrogen and oxygen atoms in total. The van der Waals surface area contributed by atoms with Crippen LogP contribution in [0.15, 0.2) is 0 Å². The van der Waals surface area contributed by atoms with Crippen LogP contribution in [0.1, 0.15) is 33.6 Å². The molecule has 0 spiro atoms. The molecule has 1 aliphatic heterocycles. The van der Waals surface area contributed by atoms with Crippen molar-refractivity contribution in [2.24, 2.45) is 0 Å². The number of hydrogen-bond acceptors (Lipinski definition) is 4. The van der Waals surface area contributed by atoms with Gasteiger partial charge in [-0.2, -0.15) is 0 Å². The zero-order valence-corrected chi connectivity index (χ0v) is 11.0. The van der Waals surface area contributed by atoms with Crippen LogP contribution < -0.4 is 5.32 Å². The lowest BCUT2D eigenvalue weighted by molar-refractivity contribution is -0.152. The molecule has 0 radical (unpaired) electrons. The van der Waals surface area contributed by atoms with Crippen molar-refractivity contribution in [2.45, 2.75) is 51.2 Å². The Hall–Kier alpha value is -0.610. The second kappa shape index (κ2) is 5.15. The van der Waals surface area contributed by atoms with E-state index >= 15 is 0 Å². The van der Waals surface area contributed by atoms with E-state index in [1.165, 1.54) is 7.11 Å². The van der Waals surface area contributed by atoms with Crippen LogP contribution >= 0.6 is 0 Å². The highest BCUT2D eigenvalue weighted by Crippen LogP contribution is 2.27. The van der Waals surface area contributed by atoms with Gasteiger partial charge in [0.2, 0.25) is 0 Å². The standard InChI is InChI=1S/C12H24N2O2/c1-9(2)13-12(11(15)16-5)6-7-14(4)10(3)8-12/h9-10,13H,6-8H2,1-5H3. The first-order chi connectivity index (χ1) is 7.41. The van der Waals surface area contributed by atoms with Gasteiger partial charge < -0.3 is 9.64 Å². The van der Waals surface area contributed by atoms with E-state index in [1.54, 1.807) is 0 Å². The number of nitrogens with zero attached hydrogens (tertiary/aromatic N) is 1. The SMILES string of the molecule is COC(=O)C1(NC(C)C)CCN(C)C(C)C1. The average molecular weight is 228 g/mol. The number of piperidine rings is 1. The molecule has 1 rings (SSSR count). The Kier molecular flexibility index (Phi) is 4.33. The summed E-state index contributed by atoms with van der Waals surface area (Å²) in [5, 5.41) is 3.40. The molecule has 1 heterocycles. The number of carbonyl (C=O) groups excluding carboxylic acids is 1. The molecule has 0 aromatic carbocycles. The van der Waals surface area contributed by atoms with Crippen molar-refractivity contribution < 1.29 is 9.53 Å². The Morgan fingerprint density at radius 1 is 1.56 bits per heavy atom. The first-order valence-corrected chi connectivity index (χ1v) is 5.97. The van der Waals surface area contributed by atoms with Crippen molar-refractivity contribution in [2.75, 3.05) is 20.7 Å². The van der Waals surface area contributed by atoms with Gasteiger partial charge >= 0.3 is 5.97 Å². The molecule has 1 fully saturated rings. The monoisotopic (exact) mass is 228 g/mol. The van der Waals surface area contributed by atoms with E-state index in [9.17, 15) is 4.79 Å². The Labute approximate surface area is 98.3 Å². The highest BCUT2D eigenvalue weighted by molar-refractivity contribution is 5.81. The molecule has 0 aliphatic carbocycles. The lowest BCUT2D eigenvalue weighted by atomic mass is 9.83. The summed E-state index contributed by atoms with van der Waals surface area (Å²) in [5.74, 6) is -0.124. The number of rotatable bonds is 3. The van der Waals surface area contributed by atoms with E-state index in [0.717, 1.165) is 19.4 Å². The van der Waals surface area contributed by atoms with Gasteiger partial charge in [-0.05, 0) is 40.7 Å². The Bertz CT molecular complexity index is 255. The van der Waals surface area contributed by atoms with E-state index in [4.69, 9.17) is 4.74 Å². The Morgan fingerprint density at radius 2 is 2.19 bits per heavy atom. The van der Waals surface area contributed by atoms with E-state index < -0.39 is 5.54 Å². The second-order valence-corrected chi connectivity index (χ2v) is 5.16. The number of esters is 1. The van der Waals surface area contributed by atoms with Crippen molar-refractivity contribution in [3.8, 4) is 0 Å². The van der Waals surface area contributed by atoms with Crippen LogP contribution in [-0.2, 0) is 9.53 Å². The summed E-state index contributed by atoms with van der Waals surface area (Å²) in [6, 6.07) is 0.689. The molecule has 0 amide bonds. The number of likely N-dealkylation sites (tertiary alicyclic amines) is 1. The molecule has 16 heavy (non-hydrogen) atoms. The van der Waals surface area contributed by atoms with Crippen LogP contribution in [-0.4, -0.2) is 49.2 Å². The molecule has 0 aromatic heterocycles. The summed E-state index contributed by atoms with van der Waals surface area (Å²) in [4.78, 5) is 14.3. The summed E-state index contributed by atoms with van der Waals surface area (Å²) in [7, 11) is 3.57. The maximum atomic E-state index is 12.0. The fourth-order valence-corrected chi connectivity index (χ4v) is 2.47. The number of methoxy groups -OCH3 is 1. The van der Waals surface area contributed by atoms with Crippen LogP contribution in [0.4, 0.5) is 0 Å². The summed E-state index contributed by atoms with van der Waals surface area (Å²) < 4.78 is 4.96. The number of carbonyl (C=O) groups is 1. The van der Waals surface area contributed by atoms with Crippen LogP contribution in [0.2, 0.25) is 0 Å². The second-order valence-electron chi connectivity index (χ2n) is 5.16. The van der Waals surface area contributed by atoms with Crippen molar-refractivity contribution in [3.63, 3.8) is 0 Å². The number of nitrogens with one attached hydrogen (secondary N) is 1. The molecule has 1 N–H and O–H groups in total. The van der Waals surface area contributed by atoms with Gasteiger partial charge in [0, 0.05) is 18.6 Å². The van der Waals surface area contributed by atoms with Gasteiger partial charge in [0.05, 0.1) is 7.11 Å². The van der Waals surface area contributed by atoms with Gasteiger partial charge in [-0.1, -0.05) is 0 Å². The largest absolute Gasteiger partial charge is 0.468 e. The minimum atomic E-state index is -0.491. The van der Waals surface area contributed by atoms with Crippen molar-refractivity contribution in [1.29, 1.82) is 0 Å². The van der Waals surface area contributed by atoms with E-state index in [2.05, 4.69) is 38.0 Å². The quantitative estimate of drug-likeness (QED) is 0.732. The summed E-state index contributed by atoms with van der Waals surface area (Å²) >= 11 is 0. The van der Waals surface area contributed by atoms with E-state index in [-0.39, 0.29) is 12.0 Å². The first kappa shape index (κ1) is 13.5. The lowest BCUT2D eigenvalue weighted by Crippen LogP contribution is -2.62. The average Bonchev–Trinajstić information content (AvgIpc) is 2.21. The highest BCUT2D eigenvalue weighted by Gasteiger charge is 2.44. The predicted octanol–water partition coefficient (Wildman–Crippen LogP) is 1.01. The van der Waals surface area contributed by atoms with Crippen molar-refractivity contribution in [1.82, 2.24) is 10.2 Å². The third-order valence-corrected chi connectivity index (χ3v) is 3.43. The fraction of sp³-hybridized carbons (Fsp3) is 0.917. The molecule has 0 aromatic rings. The topological polar surface area (TPSA) is 41.6 Å². The normalized spacial score (nSPS) is 31.8. The van der Waals surface area contributed by atoms with Crippen molar-refractivity contribution >= 4 is 5.97 Å². The fourth-order valence-electron chi connectivity index (χ4n) is 2.47. The van der Waals surface area contributed by atoms with Gasteiger partial charge in [0.25, 0.3) is 0 Å². The maximum Gasteiger partial charge on any atom is 0.326 e. The summed E-state index contributed by atoms with van der Waals surface area (Å²) in [6.45, 7) is 7.20. The molecule has 1 saturated heterocycles. The minimum absolute atomic E-state index is 0.124. The molecule has 0 saturated carbocycles. The van der Waals surface area contributed by atoms with Crippen molar-refractivity contribution in [3.05, 3.63) is 0 Å². The smallest absolute Gasteiger partial charge is 0.326 e. The van der Waals surface area contributed by atoms with Gasteiger partial charge in [-0.25, -0.2) is 0 Å². The minimum Gasteiger partial charge on any atom is -0.468 e.